The van der Waals surface area contributed by atoms with Crippen LogP contribution in [-0.2, 0) is 0 Å². The van der Waals surface area contributed by atoms with E-state index in [0.717, 1.165) is 11.0 Å². The summed E-state index contributed by atoms with van der Waals surface area (Å²) in [7, 11) is 0. The Kier molecular flexibility index (Phi) is 2.58. The molecule has 1 atom stereocenters. The molecule has 92 valence electrons. The van der Waals surface area contributed by atoms with Crippen molar-refractivity contribution in [2.45, 2.75) is 6.04 Å². The van der Waals surface area contributed by atoms with Crippen molar-refractivity contribution in [2.24, 2.45) is 5.73 Å². The van der Waals surface area contributed by atoms with Crippen LogP contribution < -0.4 is 5.73 Å². The summed E-state index contributed by atoms with van der Waals surface area (Å²) in [6.45, 7) is -0.248. The summed E-state index contributed by atoms with van der Waals surface area (Å²) in [5.74, 6) is 1.02. The monoisotopic (exact) mass is 245 g/mol. The predicted molar refractivity (Wildman–Crippen MR) is 63.5 cm³/mol. The Morgan fingerprint density at radius 2 is 2.17 bits per heavy atom. The molecule has 6 heteroatoms. The minimum Gasteiger partial charge on any atom is -0.453 e. The first kappa shape index (κ1) is 10.9. The first-order valence-corrected chi connectivity index (χ1v) is 5.47. The van der Waals surface area contributed by atoms with Gasteiger partial charge in [0.1, 0.15) is 11.6 Å². The number of benzene rings is 1. The second-order valence-electron chi connectivity index (χ2n) is 3.89. The van der Waals surface area contributed by atoms with Gasteiger partial charge in [-0.2, -0.15) is 4.98 Å². The summed E-state index contributed by atoms with van der Waals surface area (Å²) in [6.07, 6.45) is 0. The van der Waals surface area contributed by atoms with E-state index in [1.54, 1.807) is 0 Å². The molecule has 1 unspecified atom stereocenters. The van der Waals surface area contributed by atoms with E-state index in [1.807, 2.05) is 30.3 Å². The van der Waals surface area contributed by atoms with E-state index in [4.69, 9.17) is 19.8 Å². The maximum Gasteiger partial charge on any atom is 0.246 e. The fourth-order valence-corrected chi connectivity index (χ4v) is 1.66. The molecule has 3 N–H and O–H groups in total. The molecular formula is C12H11N3O3. The van der Waals surface area contributed by atoms with E-state index in [1.165, 1.54) is 0 Å². The van der Waals surface area contributed by atoms with Gasteiger partial charge in [0.25, 0.3) is 0 Å². The van der Waals surface area contributed by atoms with Crippen molar-refractivity contribution in [3.05, 3.63) is 36.2 Å². The Bertz CT molecular complexity index is 641. The molecule has 0 saturated heterocycles. The SMILES string of the molecule is NC(CO)c1nc(-c2cc3ccccc3o2)no1. The van der Waals surface area contributed by atoms with Crippen LogP contribution in [0.2, 0.25) is 0 Å². The van der Waals surface area contributed by atoms with E-state index in [-0.39, 0.29) is 12.5 Å². The standard InChI is InChI=1S/C12H11N3O3/c13-8(6-16)12-14-11(15-18-12)10-5-7-3-1-2-4-9(7)17-10/h1-5,8,16H,6,13H2. The third-order valence-electron chi connectivity index (χ3n) is 2.60. The van der Waals surface area contributed by atoms with Gasteiger partial charge in [0, 0.05) is 5.39 Å². The minimum absolute atomic E-state index is 0.188. The van der Waals surface area contributed by atoms with Gasteiger partial charge in [0.15, 0.2) is 5.76 Å². The third-order valence-corrected chi connectivity index (χ3v) is 2.60. The van der Waals surface area contributed by atoms with E-state index in [0.29, 0.717) is 11.6 Å². The second kappa shape index (κ2) is 4.25. The topological polar surface area (TPSA) is 98.3 Å². The quantitative estimate of drug-likeness (QED) is 0.725. The lowest BCUT2D eigenvalue weighted by Gasteiger charge is -1.98. The summed E-state index contributed by atoms with van der Waals surface area (Å²) >= 11 is 0. The van der Waals surface area contributed by atoms with Crippen LogP contribution in [0.4, 0.5) is 0 Å². The molecule has 0 spiro atoms. The van der Waals surface area contributed by atoms with Crippen molar-refractivity contribution in [1.29, 1.82) is 0 Å². The number of furan rings is 1. The van der Waals surface area contributed by atoms with Gasteiger partial charge in [-0.05, 0) is 12.1 Å². The zero-order chi connectivity index (χ0) is 12.5. The highest BCUT2D eigenvalue weighted by molar-refractivity contribution is 5.81. The number of aliphatic hydroxyl groups excluding tert-OH is 1. The number of fused-ring (bicyclic) bond motifs is 1. The zero-order valence-corrected chi connectivity index (χ0v) is 9.41. The lowest BCUT2D eigenvalue weighted by atomic mass is 10.2. The van der Waals surface area contributed by atoms with Crippen molar-refractivity contribution in [3.63, 3.8) is 0 Å². The van der Waals surface area contributed by atoms with Crippen LogP contribution in [0.5, 0.6) is 0 Å². The zero-order valence-electron chi connectivity index (χ0n) is 9.41. The Labute approximate surface area is 102 Å². The maximum absolute atomic E-state index is 8.91. The number of aliphatic hydroxyl groups is 1. The van der Waals surface area contributed by atoms with Gasteiger partial charge in [0.05, 0.1) is 6.61 Å². The molecule has 0 aliphatic heterocycles. The molecule has 1 aromatic carbocycles. The number of hydrogen-bond acceptors (Lipinski definition) is 6. The van der Waals surface area contributed by atoms with Crippen LogP contribution in [0, 0.1) is 0 Å². The van der Waals surface area contributed by atoms with Crippen LogP contribution in [0.25, 0.3) is 22.6 Å². The molecule has 0 aliphatic rings. The first-order valence-electron chi connectivity index (χ1n) is 5.47. The van der Waals surface area contributed by atoms with Crippen molar-refractivity contribution >= 4 is 11.0 Å². The molecule has 2 heterocycles. The number of nitrogens with two attached hydrogens (primary N) is 1. The van der Waals surface area contributed by atoms with Crippen molar-refractivity contribution in [1.82, 2.24) is 10.1 Å². The molecule has 3 rings (SSSR count). The summed E-state index contributed by atoms with van der Waals surface area (Å²) in [5, 5.41) is 13.6. The Balaban J connectivity index is 2.01. The molecular weight excluding hydrogens is 234 g/mol. The molecule has 0 saturated carbocycles. The average molecular weight is 245 g/mol. The molecule has 0 fully saturated rings. The highest BCUT2D eigenvalue weighted by atomic mass is 16.5. The fourth-order valence-electron chi connectivity index (χ4n) is 1.66. The van der Waals surface area contributed by atoms with Gasteiger partial charge < -0.3 is 19.8 Å². The van der Waals surface area contributed by atoms with Gasteiger partial charge >= 0.3 is 0 Å². The number of hydrogen-bond donors (Lipinski definition) is 2. The molecule has 3 aromatic rings. The first-order chi connectivity index (χ1) is 8.78. The second-order valence-corrected chi connectivity index (χ2v) is 3.89. The van der Waals surface area contributed by atoms with Crippen LogP contribution in [0.1, 0.15) is 11.9 Å². The van der Waals surface area contributed by atoms with E-state index in [9.17, 15) is 0 Å². The Morgan fingerprint density at radius 3 is 2.94 bits per heavy atom. The number of aromatic nitrogens is 2. The predicted octanol–water partition coefficient (Wildman–Crippen LogP) is 1.47. The Morgan fingerprint density at radius 1 is 1.33 bits per heavy atom. The number of para-hydroxylation sites is 1. The fraction of sp³-hybridized carbons (Fsp3) is 0.167. The summed E-state index contributed by atoms with van der Waals surface area (Å²) in [4.78, 5) is 4.09. The molecule has 0 radical (unpaired) electrons. The van der Waals surface area contributed by atoms with E-state index in [2.05, 4.69) is 10.1 Å². The summed E-state index contributed by atoms with van der Waals surface area (Å²) in [5.41, 5.74) is 6.34. The van der Waals surface area contributed by atoms with E-state index < -0.39 is 6.04 Å². The van der Waals surface area contributed by atoms with Gasteiger partial charge in [-0.25, -0.2) is 0 Å². The molecule has 0 aliphatic carbocycles. The van der Waals surface area contributed by atoms with Crippen molar-refractivity contribution in [2.75, 3.05) is 6.61 Å². The molecule has 0 bridgehead atoms. The minimum atomic E-state index is -0.671. The maximum atomic E-state index is 8.91. The highest BCUT2D eigenvalue weighted by Crippen LogP contribution is 2.26. The number of rotatable bonds is 3. The van der Waals surface area contributed by atoms with Crippen LogP contribution in [-0.4, -0.2) is 21.9 Å². The Hall–Kier alpha value is -2.18. The van der Waals surface area contributed by atoms with Crippen LogP contribution in [0.15, 0.2) is 39.3 Å². The third kappa shape index (κ3) is 1.77. The van der Waals surface area contributed by atoms with Crippen molar-refractivity contribution in [3.8, 4) is 11.6 Å². The van der Waals surface area contributed by atoms with E-state index >= 15 is 0 Å². The lowest BCUT2D eigenvalue weighted by Crippen LogP contribution is -2.14. The van der Waals surface area contributed by atoms with Gasteiger partial charge in [-0.1, -0.05) is 23.4 Å². The van der Waals surface area contributed by atoms with Gasteiger partial charge in [-0.3, -0.25) is 0 Å². The van der Waals surface area contributed by atoms with Gasteiger partial charge in [0.2, 0.25) is 11.7 Å². The van der Waals surface area contributed by atoms with Crippen LogP contribution in [0.3, 0.4) is 0 Å². The average Bonchev–Trinajstić information content (AvgIpc) is 3.03. The lowest BCUT2D eigenvalue weighted by molar-refractivity contribution is 0.237. The molecule has 18 heavy (non-hydrogen) atoms. The number of nitrogens with zero attached hydrogens (tertiary/aromatic N) is 2. The summed E-state index contributed by atoms with van der Waals surface area (Å²) in [6, 6.07) is 8.76. The highest BCUT2D eigenvalue weighted by Gasteiger charge is 2.17. The molecule has 2 aromatic heterocycles. The van der Waals surface area contributed by atoms with Crippen molar-refractivity contribution < 1.29 is 14.0 Å². The van der Waals surface area contributed by atoms with Gasteiger partial charge in [-0.15, -0.1) is 0 Å². The normalized spacial score (nSPS) is 13.0. The van der Waals surface area contributed by atoms with Crippen LogP contribution >= 0.6 is 0 Å². The summed E-state index contributed by atoms with van der Waals surface area (Å²) < 4.78 is 10.6. The smallest absolute Gasteiger partial charge is 0.246 e. The molecule has 6 nitrogen and oxygen atoms in total. The molecule has 0 amide bonds. The largest absolute Gasteiger partial charge is 0.453 e.